The van der Waals surface area contributed by atoms with Crippen LogP contribution in [0.5, 0.6) is 5.75 Å². The Bertz CT molecular complexity index is 464. The highest BCUT2D eigenvalue weighted by molar-refractivity contribution is 9.11. The molecule has 0 radical (unpaired) electrons. The number of hydrogen-bond donors (Lipinski definition) is 0. The smallest absolute Gasteiger partial charge is 0.138 e. The molecule has 4 heteroatoms. The summed E-state index contributed by atoms with van der Waals surface area (Å²) in [5, 5.41) is 0. The molecule has 2 aromatic rings. The van der Waals surface area contributed by atoms with Crippen molar-refractivity contribution in [2.45, 2.75) is 0 Å². The van der Waals surface area contributed by atoms with Crippen molar-refractivity contribution in [3.05, 3.63) is 39.5 Å². The van der Waals surface area contributed by atoms with Gasteiger partial charge in [0.05, 0.1) is 18.9 Å². The van der Waals surface area contributed by atoms with Crippen molar-refractivity contribution in [3.63, 3.8) is 0 Å². The second-order valence-electron chi connectivity index (χ2n) is 2.94. The first-order valence-electron chi connectivity index (χ1n) is 4.29. The van der Waals surface area contributed by atoms with E-state index >= 15 is 0 Å². The molecule has 1 heterocycles. The fraction of sp³-hybridized carbons (Fsp3) is 0.0909. The number of ether oxygens (including phenoxy) is 1. The van der Waals surface area contributed by atoms with Gasteiger partial charge in [-0.2, -0.15) is 0 Å². The van der Waals surface area contributed by atoms with Gasteiger partial charge in [-0.05, 0) is 40.2 Å². The van der Waals surface area contributed by atoms with Gasteiger partial charge in [-0.1, -0.05) is 15.9 Å². The van der Waals surface area contributed by atoms with Crippen LogP contribution in [0.25, 0.3) is 11.3 Å². The largest absolute Gasteiger partial charge is 0.496 e. The summed E-state index contributed by atoms with van der Waals surface area (Å²) < 4.78 is 12.6. The van der Waals surface area contributed by atoms with E-state index in [0.717, 1.165) is 26.0 Å². The van der Waals surface area contributed by atoms with Crippen LogP contribution in [0.4, 0.5) is 0 Å². The molecule has 15 heavy (non-hydrogen) atoms. The molecule has 2 rings (SSSR count). The third kappa shape index (κ3) is 2.11. The van der Waals surface area contributed by atoms with Crippen LogP contribution < -0.4 is 4.74 Å². The number of methoxy groups -OCH3 is 1. The highest BCUT2D eigenvalue weighted by Crippen LogP contribution is 2.39. The summed E-state index contributed by atoms with van der Waals surface area (Å²) in [5.74, 6) is 1.55. The van der Waals surface area contributed by atoms with Crippen LogP contribution in [0.15, 0.2) is 43.9 Å². The number of hydrogen-bond acceptors (Lipinski definition) is 2. The Morgan fingerprint density at radius 2 is 2.07 bits per heavy atom. The molecule has 1 aromatic heterocycles. The van der Waals surface area contributed by atoms with Crippen molar-refractivity contribution in [1.29, 1.82) is 0 Å². The lowest BCUT2D eigenvalue weighted by Crippen LogP contribution is -1.88. The maximum Gasteiger partial charge on any atom is 0.138 e. The second kappa shape index (κ2) is 4.41. The monoisotopic (exact) mass is 330 g/mol. The Hall–Kier alpha value is -0.740. The van der Waals surface area contributed by atoms with E-state index in [4.69, 9.17) is 9.15 Å². The fourth-order valence-electron chi connectivity index (χ4n) is 1.37. The van der Waals surface area contributed by atoms with Crippen LogP contribution in [0.1, 0.15) is 0 Å². The quantitative estimate of drug-likeness (QED) is 0.809. The Morgan fingerprint density at radius 3 is 2.67 bits per heavy atom. The number of rotatable bonds is 2. The van der Waals surface area contributed by atoms with Crippen molar-refractivity contribution < 1.29 is 9.15 Å². The molecule has 0 spiro atoms. The van der Waals surface area contributed by atoms with Crippen LogP contribution in [-0.4, -0.2) is 7.11 Å². The summed E-state index contributed by atoms with van der Waals surface area (Å²) in [6.07, 6.45) is 1.64. The topological polar surface area (TPSA) is 22.4 Å². The van der Waals surface area contributed by atoms with E-state index in [1.165, 1.54) is 0 Å². The predicted octanol–water partition coefficient (Wildman–Crippen LogP) is 4.48. The summed E-state index contributed by atoms with van der Waals surface area (Å²) >= 11 is 6.90. The third-order valence-electron chi connectivity index (χ3n) is 2.01. The minimum atomic E-state index is 0.770. The highest BCUT2D eigenvalue weighted by Gasteiger charge is 2.13. The summed E-state index contributed by atoms with van der Waals surface area (Å²) in [4.78, 5) is 0. The molecule has 0 unspecified atom stereocenters. The van der Waals surface area contributed by atoms with Gasteiger partial charge in [-0.3, -0.25) is 0 Å². The van der Waals surface area contributed by atoms with E-state index in [-0.39, 0.29) is 0 Å². The van der Waals surface area contributed by atoms with Gasteiger partial charge < -0.3 is 9.15 Å². The number of benzene rings is 1. The molecule has 2 nitrogen and oxygen atoms in total. The maximum absolute atomic E-state index is 5.36. The molecular formula is C11H8Br2O2. The average molecular weight is 332 g/mol. The standard InChI is InChI=1S/C11H8Br2O2/c1-14-10-6-7(12)5-8(13)11(10)9-3-2-4-15-9/h2-6H,1H3. The molecular weight excluding hydrogens is 324 g/mol. The van der Waals surface area contributed by atoms with Crippen LogP contribution in [-0.2, 0) is 0 Å². The summed E-state index contributed by atoms with van der Waals surface area (Å²) in [6.45, 7) is 0. The van der Waals surface area contributed by atoms with Gasteiger partial charge in [0.1, 0.15) is 11.5 Å². The minimum Gasteiger partial charge on any atom is -0.496 e. The lowest BCUT2D eigenvalue weighted by atomic mass is 10.1. The van der Waals surface area contributed by atoms with Crippen LogP contribution in [0.2, 0.25) is 0 Å². The fourth-order valence-corrected chi connectivity index (χ4v) is 2.75. The molecule has 0 saturated carbocycles. The lowest BCUT2D eigenvalue weighted by Gasteiger charge is -2.09. The van der Waals surface area contributed by atoms with Crippen molar-refractivity contribution >= 4 is 31.9 Å². The van der Waals surface area contributed by atoms with Gasteiger partial charge in [0.2, 0.25) is 0 Å². The normalized spacial score (nSPS) is 10.3. The molecule has 0 aliphatic carbocycles. The average Bonchev–Trinajstić information content (AvgIpc) is 2.69. The Balaban J connectivity index is 2.64. The molecule has 0 N–H and O–H groups in total. The Kier molecular flexibility index (Phi) is 3.17. The SMILES string of the molecule is COc1cc(Br)cc(Br)c1-c1ccco1. The summed E-state index contributed by atoms with van der Waals surface area (Å²) in [6, 6.07) is 7.61. The van der Waals surface area contributed by atoms with E-state index in [1.807, 2.05) is 24.3 Å². The zero-order valence-electron chi connectivity index (χ0n) is 7.96. The molecule has 1 aromatic carbocycles. The zero-order valence-corrected chi connectivity index (χ0v) is 11.1. The van der Waals surface area contributed by atoms with Crippen molar-refractivity contribution in [2.24, 2.45) is 0 Å². The van der Waals surface area contributed by atoms with Crippen molar-refractivity contribution in [1.82, 2.24) is 0 Å². The van der Waals surface area contributed by atoms with Gasteiger partial charge in [0.25, 0.3) is 0 Å². The number of furan rings is 1. The van der Waals surface area contributed by atoms with Gasteiger partial charge in [0, 0.05) is 8.95 Å². The Labute approximate surface area is 104 Å². The van der Waals surface area contributed by atoms with E-state index in [0.29, 0.717) is 0 Å². The van der Waals surface area contributed by atoms with Crippen LogP contribution >= 0.6 is 31.9 Å². The van der Waals surface area contributed by atoms with Gasteiger partial charge >= 0.3 is 0 Å². The molecule has 0 aliphatic rings. The molecule has 0 bridgehead atoms. The zero-order chi connectivity index (χ0) is 10.8. The van der Waals surface area contributed by atoms with E-state index in [9.17, 15) is 0 Å². The maximum atomic E-state index is 5.36. The van der Waals surface area contributed by atoms with Crippen LogP contribution in [0, 0.1) is 0 Å². The van der Waals surface area contributed by atoms with Crippen LogP contribution in [0.3, 0.4) is 0 Å². The summed E-state index contributed by atoms with van der Waals surface area (Å²) in [5.41, 5.74) is 0.922. The third-order valence-corrected chi connectivity index (χ3v) is 3.09. The molecule has 0 aliphatic heterocycles. The first-order valence-corrected chi connectivity index (χ1v) is 5.88. The molecule has 0 saturated heterocycles. The first-order chi connectivity index (χ1) is 7.22. The van der Waals surface area contributed by atoms with Gasteiger partial charge in [0.15, 0.2) is 0 Å². The highest BCUT2D eigenvalue weighted by atomic mass is 79.9. The van der Waals surface area contributed by atoms with E-state index in [1.54, 1.807) is 13.4 Å². The minimum absolute atomic E-state index is 0.770. The molecule has 0 amide bonds. The van der Waals surface area contributed by atoms with Gasteiger partial charge in [-0.25, -0.2) is 0 Å². The van der Waals surface area contributed by atoms with E-state index < -0.39 is 0 Å². The molecule has 0 atom stereocenters. The summed E-state index contributed by atoms with van der Waals surface area (Å²) in [7, 11) is 1.64. The Morgan fingerprint density at radius 1 is 1.27 bits per heavy atom. The lowest BCUT2D eigenvalue weighted by molar-refractivity contribution is 0.414. The van der Waals surface area contributed by atoms with Crippen molar-refractivity contribution in [3.8, 4) is 17.1 Å². The van der Waals surface area contributed by atoms with Gasteiger partial charge in [-0.15, -0.1) is 0 Å². The predicted molar refractivity (Wildman–Crippen MR) is 66.1 cm³/mol. The first kappa shape index (κ1) is 10.8. The second-order valence-corrected chi connectivity index (χ2v) is 4.71. The number of halogens is 2. The molecule has 0 fully saturated rings. The molecule has 78 valence electrons. The van der Waals surface area contributed by atoms with E-state index in [2.05, 4.69) is 31.9 Å². The van der Waals surface area contributed by atoms with Crippen molar-refractivity contribution in [2.75, 3.05) is 7.11 Å².